The van der Waals surface area contributed by atoms with Crippen molar-refractivity contribution in [1.29, 1.82) is 0 Å². The molecule has 0 fully saturated rings. The van der Waals surface area contributed by atoms with Gasteiger partial charge in [0, 0.05) is 5.75 Å². The van der Waals surface area contributed by atoms with Crippen molar-refractivity contribution in [2.24, 2.45) is 0 Å². The van der Waals surface area contributed by atoms with E-state index in [2.05, 4.69) is 6.92 Å². The van der Waals surface area contributed by atoms with Gasteiger partial charge in [-0.2, -0.15) is 0 Å². The minimum absolute atomic E-state index is 1.01. The molecule has 1 aliphatic rings. The Hall–Kier alpha value is 0.380. The van der Waals surface area contributed by atoms with Gasteiger partial charge in [-0.05, 0) is 18.9 Å². The first-order valence-electron chi connectivity index (χ1n) is 2.29. The number of hydrogen-bond acceptors (Lipinski definition) is 1. The highest BCUT2D eigenvalue weighted by Gasteiger charge is 2.06. The van der Waals surface area contributed by atoms with Crippen molar-refractivity contribution in [2.75, 3.05) is 5.75 Å². The van der Waals surface area contributed by atoms with Crippen LogP contribution in [0.5, 0.6) is 0 Å². The molecule has 2 heteroatoms. The Kier molecular flexibility index (Phi) is 1.65. The number of hydrogen-bond donors (Lipinski definition) is 0. The van der Waals surface area contributed by atoms with Crippen LogP contribution in [0.1, 0.15) is 13.3 Å². The Bertz CT molecular complexity index is 94.6. The van der Waals surface area contributed by atoms with Crippen molar-refractivity contribution in [2.45, 2.75) is 13.3 Å². The van der Waals surface area contributed by atoms with Crippen LogP contribution in [0, 0.1) is 0 Å². The molecule has 0 amide bonds. The summed E-state index contributed by atoms with van der Waals surface area (Å²) in [4.78, 5) is 0. The third kappa shape index (κ3) is 1.14. The maximum absolute atomic E-state index is 5.71. The van der Waals surface area contributed by atoms with Crippen LogP contribution in [-0.4, -0.2) is 5.75 Å². The fourth-order valence-corrected chi connectivity index (χ4v) is 1.78. The van der Waals surface area contributed by atoms with Gasteiger partial charge in [0.15, 0.2) is 0 Å². The summed E-state index contributed by atoms with van der Waals surface area (Å²) in [6, 6.07) is 0. The van der Waals surface area contributed by atoms with Gasteiger partial charge in [-0.1, -0.05) is 11.6 Å². The molecule has 0 atom stereocenters. The topological polar surface area (TPSA) is 0 Å². The summed E-state index contributed by atoms with van der Waals surface area (Å²) in [5.41, 5.74) is 1.35. The van der Waals surface area contributed by atoms with E-state index in [1.165, 1.54) is 17.7 Å². The molecule has 1 rings (SSSR count). The van der Waals surface area contributed by atoms with E-state index in [1.807, 2.05) is 0 Å². The smallest absolute Gasteiger partial charge is 0.0724 e. The van der Waals surface area contributed by atoms with Gasteiger partial charge in [-0.3, -0.25) is 0 Å². The lowest BCUT2D eigenvalue weighted by Crippen LogP contribution is -1.66. The Morgan fingerprint density at radius 3 is 2.57 bits per heavy atom. The lowest BCUT2D eigenvalue weighted by Gasteiger charge is -1.83. The summed E-state index contributed by atoms with van der Waals surface area (Å²) in [6.45, 7) is 2.09. The van der Waals surface area contributed by atoms with Crippen LogP contribution in [0.15, 0.2) is 9.94 Å². The van der Waals surface area contributed by atoms with Crippen LogP contribution in [0.25, 0.3) is 0 Å². The lowest BCUT2D eigenvalue weighted by atomic mass is 10.3. The molecule has 0 spiro atoms. The molecule has 0 radical (unpaired) electrons. The average molecular weight is 135 g/mol. The number of allylic oxidation sites excluding steroid dienone is 1. The van der Waals surface area contributed by atoms with Gasteiger partial charge < -0.3 is 0 Å². The molecule has 0 aliphatic carbocycles. The molecule has 0 aromatic heterocycles. The maximum atomic E-state index is 5.71. The van der Waals surface area contributed by atoms with E-state index in [4.69, 9.17) is 11.6 Å². The molecule has 0 bridgehead atoms. The summed E-state index contributed by atoms with van der Waals surface area (Å²) >= 11 is 7.46. The van der Waals surface area contributed by atoms with Gasteiger partial charge >= 0.3 is 0 Å². The van der Waals surface area contributed by atoms with Crippen LogP contribution in [0.4, 0.5) is 0 Å². The second-order valence-electron chi connectivity index (χ2n) is 1.65. The van der Waals surface area contributed by atoms with Gasteiger partial charge in [0.2, 0.25) is 0 Å². The zero-order valence-corrected chi connectivity index (χ0v) is 5.77. The first-order chi connectivity index (χ1) is 3.30. The van der Waals surface area contributed by atoms with Gasteiger partial charge in [0.1, 0.15) is 0 Å². The van der Waals surface area contributed by atoms with E-state index in [0.29, 0.717) is 0 Å². The lowest BCUT2D eigenvalue weighted by molar-refractivity contribution is 1.14. The predicted molar refractivity (Wildman–Crippen MR) is 35.6 cm³/mol. The van der Waals surface area contributed by atoms with Crippen molar-refractivity contribution in [3.8, 4) is 0 Å². The second kappa shape index (κ2) is 2.10. The molecule has 40 valence electrons. The standard InChI is InChI=1S/C5H7ClS/c1-4-2-3-7-5(4)6/h2-3H2,1H3. The molecule has 0 saturated carbocycles. The molecule has 0 unspecified atom stereocenters. The fraction of sp³-hybridized carbons (Fsp3) is 0.600. The quantitative estimate of drug-likeness (QED) is 0.491. The highest BCUT2D eigenvalue weighted by molar-refractivity contribution is 8.04. The van der Waals surface area contributed by atoms with Gasteiger partial charge in [0.25, 0.3) is 0 Å². The van der Waals surface area contributed by atoms with Gasteiger partial charge in [-0.15, -0.1) is 11.8 Å². The molecule has 0 N–H and O–H groups in total. The van der Waals surface area contributed by atoms with E-state index >= 15 is 0 Å². The average Bonchev–Trinajstić information content (AvgIpc) is 1.91. The van der Waals surface area contributed by atoms with Gasteiger partial charge in [-0.25, -0.2) is 0 Å². The van der Waals surface area contributed by atoms with E-state index < -0.39 is 0 Å². The largest absolute Gasteiger partial charge is 0.114 e. The van der Waals surface area contributed by atoms with Crippen molar-refractivity contribution in [1.82, 2.24) is 0 Å². The molecule has 1 heterocycles. The Labute approximate surface area is 52.9 Å². The molecule has 7 heavy (non-hydrogen) atoms. The summed E-state index contributed by atoms with van der Waals surface area (Å²) in [6.07, 6.45) is 1.18. The molecule has 0 aromatic rings. The third-order valence-electron chi connectivity index (χ3n) is 1.04. The first-order valence-corrected chi connectivity index (χ1v) is 3.65. The summed E-state index contributed by atoms with van der Waals surface area (Å²) in [5, 5.41) is 0. The van der Waals surface area contributed by atoms with E-state index in [0.717, 1.165) is 4.36 Å². The Morgan fingerprint density at radius 2 is 2.43 bits per heavy atom. The molecule has 0 saturated heterocycles. The predicted octanol–water partition coefficient (Wildman–Crippen LogP) is 2.59. The van der Waals surface area contributed by atoms with Crippen molar-refractivity contribution in [3.63, 3.8) is 0 Å². The zero-order chi connectivity index (χ0) is 5.28. The number of thioether (sulfide) groups is 1. The molecule has 1 aliphatic heterocycles. The third-order valence-corrected chi connectivity index (χ3v) is 2.70. The molecular weight excluding hydrogens is 128 g/mol. The molecule has 0 nitrogen and oxygen atoms in total. The van der Waals surface area contributed by atoms with Crippen molar-refractivity contribution in [3.05, 3.63) is 9.94 Å². The highest BCUT2D eigenvalue weighted by Crippen LogP contribution is 2.33. The first kappa shape index (κ1) is 5.52. The van der Waals surface area contributed by atoms with Crippen LogP contribution in [0.3, 0.4) is 0 Å². The molecule has 0 aromatic carbocycles. The maximum Gasteiger partial charge on any atom is 0.0724 e. The van der Waals surface area contributed by atoms with Crippen LogP contribution < -0.4 is 0 Å². The Balaban J connectivity index is 2.64. The summed E-state index contributed by atoms with van der Waals surface area (Å²) in [7, 11) is 0. The molecular formula is C5H7ClS. The van der Waals surface area contributed by atoms with Crippen molar-refractivity contribution < 1.29 is 0 Å². The summed E-state index contributed by atoms with van der Waals surface area (Å²) < 4.78 is 1.01. The second-order valence-corrected chi connectivity index (χ2v) is 3.36. The SMILES string of the molecule is CC1=C(Cl)SCC1. The van der Waals surface area contributed by atoms with E-state index in [9.17, 15) is 0 Å². The van der Waals surface area contributed by atoms with Crippen LogP contribution in [0.2, 0.25) is 0 Å². The van der Waals surface area contributed by atoms with Crippen molar-refractivity contribution >= 4 is 23.4 Å². The fourth-order valence-electron chi connectivity index (χ4n) is 0.515. The Morgan fingerprint density at radius 1 is 1.71 bits per heavy atom. The highest BCUT2D eigenvalue weighted by atomic mass is 35.5. The van der Waals surface area contributed by atoms with Crippen LogP contribution >= 0.6 is 23.4 Å². The summed E-state index contributed by atoms with van der Waals surface area (Å²) in [5.74, 6) is 1.19. The van der Waals surface area contributed by atoms with E-state index in [-0.39, 0.29) is 0 Å². The number of halogens is 1. The zero-order valence-electron chi connectivity index (χ0n) is 4.20. The normalized spacial score (nSPS) is 21.4. The van der Waals surface area contributed by atoms with Crippen LogP contribution in [-0.2, 0) is 0 Å². The van der Waals surface area contributed by atoms with Gasteiger partial charge in [0.05, 0.1) is 4.36 Å². The monoisotopic (exact) mass is 134 g/mol. The minimum atomic E-state index is 1.01. The van der Waals surface area contributed by atoms with E-state index in [1.54, 1.807) is 11.8 Å². The number of rotatable bonds is 0. The minimum Gasteiger partial charge on any atom is -0.114 e.